The monoisotopic (exact) mass is 486 g/mol. The van der Waals surface area contributed by atoms with Crippen LogP contribution in [0.4, 0.5) is 0 Å². The Hall–Kier alpha value is -4.17. The van der Waals surface area contributed by atoms with Crippen LogP contribution in [0.15, 0.2) is 108 Å². The molecule has 0 aliphatic carbocycles. The highest BCUT2D eigenvalue weighted by Crippen LogP contribution is 2.40. The number of benzene rings is 4. The van der Waals surface area contributed by atoms with Crippen LogP contribution in [0, 0.1) is 12.3 Å². The van der Waals surface area contributed by atoms with E-state index in [4.69, 9.17) is 11.3 Å². The van der Waals surface area contributed by atoms with Crippen molar-refractivity contribution in [2.45, 2.75) is 34.0 Å². The van der Waals surface area contributed by atoms with Crippen LogP contribution >= 0.6 is 0 Å². The molecule has 4 aromatic carbocycles. The van der Waals surface area contributed by atoms with Crippen molar-refractivity contribution >= 4 is 21.9 Å². The van der Waals surface area contributed by atoms with Gasteiger partial charge in [-0.05, 0) is 58.6 Å². The Morgan fingerprint density at radius 3 is 2.03 bits per heavy atom. The van der Waals surface area contributed by atoms with Crippen LogP contribution in [0.1, 0.15) is 38.8 Å². The largest absolute Gasteiger partial charge is 0.455 e. The molecule has 0 aliphatic heterocycles. The van der Waals surface area contributed by atoms with Crippen molar-refractivity contribution in [1.82, 2.24) is 4.98 Å². The van der Waals surface area contributed by atoms with Crippen molar-refractivity contribution in [3.63, 3.8) is 0 Å². The maximum atomic E-state index is 8.91. The van der Waals surface area contributed by atoms with Gasteiger partial charge in [-0.1, -0.05) is 106 Å². The fraction of sp³-hybridized carbons (Fsp3) is 0.171. The Kier molecular flexibility index (Phi) is 4.43. The minimum Gasteiger partial charge on any atom is -0.455 e. The van der Waals surface area contributed by atoms with Gasteiger partial charge in [0.15, 0.2) is 0 Å². The number of rotatable bonds is 4. The minimum atomic E-state index is -2.50. The van der Waals surface area contributed by atoms with E-state index in [1.807, 2.05) is 54.6 Å². The molecular formula is C35H31NO. The molecule has 0 fully saturated rings. The summed E-state index contributed by atoms with van der Waals surface area (Å²) in [4.78, 5) is 4.52. The zero-order valence-corrected chi connectivity index (χ0v) is 21.2. The van der Waals surface area contributed by atoms with E-state index in [0.29, 0.717) is 16.8 Å². The lowest BCUT2D eigenvalue weighted by molar-refractivity contribution is 0.410. The molecule has 0 saturated heterocycles. The van der Waals surface area contributed by atoms with E-state index >= 15 is 0 Å². The van der Waals surface area contributed by atoms with E-state index in [0.717, 1.165) is 38.6 Å². The molecule has 0 spiro atoms. The van der Waals surface area contributed by atoms with Gasteiger partial charge in [-0.25, -0.2) is 0 Å². The first-order chi connectivity index (χ1) is 19.9. The third kappa shape index (κ3) is 4.44. The molecule has 0 aliphatic rings. The lowest BCUT2D eigenvalue weighted by Gasteiger charge is -2.20. The van der Waals surface area contributed by atoms with E-state index < -0.39 is 18.6 Å². The Morgan fingerprint density at radius 2 is 1.35 bits per heavy atom. The van der Waals surface area contributed by atoms with E-state index in [1.54, 1.807) is 26.8 Å². The number of hydrogen-bond donors (Lipinski definition) is 0. The lowest BCUT2D eigenvalue weighted by atomic mass is 9.86. The van der Waals surface area contributed by atoms with Crippen LogP contribution in [0.2, 0.25) is 0 Å². The fourth-order valence-electron chi connectivity index (χ4n) is 4.83. The third-order valence-electron chi connectivity index (χ3n) is 6.52. The van der Waals surface area contributed by atoms with Gasteiger partial charge in [0, 0.05) is 34.9 Å². The fourth-order valence-corrected chi connectivity index (χ4v) is 4.83. The van der Waals surface area contributed by atoms with E-state index in [9.17, 15) is 0 Å². The predicted molar refractivity (Wildman–Crippen MR) is 156 cm³/mol. The highest BCUT2D eigenvalue weighted by atomic mass is 16.3. The average molecular weight is 487 g/mol. The van der Waals surface area contributed by atoms with Gasteiger partial charge >= 0.3 is 0 Å². The number of aromatic nitrogens is 1. The summed E-state index contributed by atoms with van der Waals surface area (Å²) in [6, 6.07) is 32.1. The summed E-state index contributed by atoms with van der Waals surface area (Å²) < 4.78 is 48.6. The first-order valence-electron chi connectivity index (χ1n) is 15.0. The van der Waals surface area contributed by atoms with Crippen molar-refractivity contribution in [2.75, 3.05) is 0 Å². The molecule has 0 N–H and O–H groups in total. The van der Waals surface area contributed by atoms with Gasteiger partial charge in [-0.15, -0.1) is 0 Å². The summed E-state index contributed by atoms with van der Waals surface area (Å²) in [7, 11) is 0. The smallest absolute Gasteiger partial charge is 0.144 e. The van der Waals surface area contributed by atoms with Gasteiger partial charge in [-0.3, -0.25) is 4.98 Å². The van der Waals surface area contributed by atoms with Gasteiger partial charge in [0.1, 0.15) is 11.2 Å². The second-order valence-corrected chi connectivity index (χ2v) is 10.4. The van der Waals surface area contributed by atoms with Gasteiger partial charge in [-0.2, -0.15) is 0 Å². The molecule has 2 aromatic heterocycles. The summed E-state index contributed by atoms with van der Waals surface area (Å²) in [5, 5.41) is 1.87. The third-order valence-corrected chi connectivity index (χ3v) is 6.52. The molecule has 6 aromatic rings. The Bertz CT molecular complexity index is 1910. The summed E-state index contributed by atoms with van der Waals surface area (Å²) >= 11 is 0. The SMILES string of the molecule is [2H]C([2H])([2H])c1cnc(-c2cccc3c2oc2c(-c4ccc(-c5ccccc5)cc4)cccc23)cc1C([2H])([2H])C(C)(C)C. The van der Waals surface area contributed by atoms with Crippen LogP contribution in [0.5, 0.6) is 0 Å². The van der Waals surface area contributed by atoms with Gasteiger partial charge in [0.05, 0.1) is 5.69 Å². The van der Waals surface area contributed by atoms with Crippen LogP contribution in [-0.2, 0) is 6.37 Å². The Balaban J connectivity index is 1.51. The molecule has 2 heterocycles. The van der Waals surface area contributed by atoms with Crippen molar-refractivity contribution < 1.29 is 11.3 Å². The standard InChI is InChI=1S/C35H31NO/c1-23-22-36-32(20-27(23)21-35(2,3)4)31-15-9-14-30-29-13-8-12-28(33(29)37-34(30)31)26-18-16-25(17-19-26)24-10-6-5-7-11-24/h5-20,22H,21H2,1-4H3/i1D3,21D2. The van der Waals surface area contributed by atoms with Crippen LogP contribution < -0.4 is 0 Å². The van der Waals surface area contributed by atoms with E-state index in [-0.39, 0.29) is 11.1 Å². The number of nitrogens with zero attached hydrogens (tertiary/aromatic N) is 1. The predicted octanol–water partition coefficient (Wildman–Crippen LogP) is 9.88. The van der Waals surface area contributed by atoms with Crippen LogP contribution in [0.3, 0.4) is 0 Å². The topological polar surface area (TPSA) is 26.0 Å². The molecule has 2 heteroatoms. The van der Waals surface area contributed by atoms with Crippen molar-refractivity contribution in [3.8, 4) is 33.5 Å². The molecule has 0 bridgehead atoms. The van der Waals surface area contributed by atoms with Crippen molar-refractivity contribution in [3.05, 3.63) is 114 Å². The van der Waals surface area contributed by atoms with Crippen LogP contribution in [-0.4, -0.2) is 4.98 Å². The van der Waals surface area contributed by atoms with Crippen molar-refractivity contribution in [1.29, 1.82) is 0 Å². The second kappa shape index (κ2) is 9.05. The second-order valence-electron chi connectivity index (χ2n) is 10.4. The Labute approximate surface area is 225 Å². The zero-order chi connectivity index (χ0) is 29.9. The lowest BCUT2D eigenvalue weighted by Crippen LogP contribution is -2.10. The molecular weight excluding hydrogens is 450 g/mol. The molecule has 0 amide bonds. The average Bonchev–Trinajstić information content (AvgIpc) is 3.35. The molecule has 0 saturated carbocycles. The summed E-state index contributed by atoms with van der Waals surface area (Å²) in [6.07, 6.45) is -0.627. The molecule has 6 rings (SSSR count). The molecule has 182 valence electrons. The highest BCUT2D eigenvalue weighted by molar-refractivity contribution is 6.12. The first-order valence-corrected chi connectivity index (χ1v) is 12.5. The number of para-hydroxylation sites is 2. The van der Waals surface area contributed by atoms with Crippen molar-refractivity contribution in [2.24, 2.45) is 5.41 Å². The number of aryl methyl sites for hydroxylation is 1. The number of furan rings is 1. The van der Waals surface area contributed by atoms with Crippen LogP contribution in [0.25, 0.3) is 55.4 Å². The van der Waals surface area contributed by atoms with Gasteiger partial charge in [0.2, 0.25) is 0 Å². The molecule has 0 atom stereocenters. The molecule has 2 nitrogen and oxygen atoms in total. The molecule has 0 radical (unpaired) electrons. The maximum absolute atomic E-state index is 8.91. The quantitative estimate of drug-likeness (QED) is 0.248. The summed E-state index contributed by atoms with van der Waals surface area (Å²) in [5.41, 5.74) is 5.99. The van der Waals surface area contributed by atoms with Gasteiger partial charge in [0.25, 0.3) is 0 Å². The normalized spacial score (nSPS) is 14.6. The first kappa shape index (κ1) is 18.1. The number of hydrogen-bond acceptors (Lipinski definition) is 2. The van der Waals surface area contributed by atoms with E-state index in [2.05, 4.69) is 41.4 Å². The van der Waals surface area contributed by atoms with E-state index in [1.165, 1.54) is 6.20 Å². The molecule has 0 unspecified atom stereocenters. The number of fused-ring (bicyclic) bond motifs is 3. The Morgan fingerprint density at radius 1 is 0.730 bits per heavy atom. The maximum Gasteiger partial charge on any atom is 0.144 e. The van der Waals surface area contributed by atoms with Gasteiger partial charge < -0.3 is 4.42 Å². The summed E-state index contributed by atoms with van der Waals surface area (Å²) in [5.74, 6) is 0. The zero-order valence-electron chi connectivity index (χ0n) is 26.2. The number of pyridine rings is 1. The minimum absolute atomic E-state index is 0.0795. The highest BCUT2D eigenvalue weighted by Gasteiger charge is 2.18. The molecule has 37 heavy (non-hydrogen) atoms. The summed E-state index contributed by atoms with van der Waals surface area (Å²) in [6.45, 7) is 2.80.